The Morgan fingerprint density at radius 1 is 1.10 bits per heavy atom. The molecule has 2 aromatic rings. The molecule has 8 nitrogen and oxygen atoms in total. The van der Waals surface area contributed by atoms with Crippen LogP contribution in [0.25, 0.3) is 0 Å². The first-order valence-electron chi connectivity index (χ1n) is 9.22. The van der Waals surface area contributed by atoms with Gasteiger partial charge in [-0.1, -0.05) is 30.3 Å². The number of hydrogen-bond acceptors (Lipinski definition) is 6. The van der Waals surface area contributed by atoms with Crippen molar-refractivity contribution in [1.29, 1.82) is 0 Å². The molecule has 1 aliphatic heterocycles. The number of hydrogen-bond donors (Lipinski definition) is 4. The van der Waals surface area contributed by atoms with Gasteiger partial charge in [-0.3, -0.25) is 9.59 Å². The number of nitrogens with two attached hydrogens (primary N) is 1. The molecule has 0 aromatic heterocycles. The summed E-state index contributed by atoms with van der Waals surface area (Å²) in [6.07, 6.45) is 0.226. The van der Waals surface area contributed by atoms with Crippen molar-refractivity contribution in [3.05, 3.63) is 64.7 Å². The fraction of sp³-hybridized carbons (Fsp3) is 0.250. The molecule has 0 saturated heterocycles. The second kappa shape index (κ2) is 8.89. The molecule has 1 heterocycles. The van der Waals surface area contributed by atoms with Crippen LogP contribution in [0.2, 0.25) is 5.82 Å². The number of benzene rings is 2. The number of para-hydroxylation sites is 1. The average Bonchev–Trinajstić information content (AvgIpc) is 2.71. The Hall–Kier alpha value is -3.17. The minimum Gasteiger partial charge on any atom is -0.535 e. The number of fused-ring (bicyclic) bond motifs is 1. The van der Waals surface area contributed by atoms with E-state index in [9.17, 15) is 24.5 Å². The van der Waals surface area contributed by atoms with Gasteiger partial charge in [-0.25, -0.2) is 4.79 Å². The maximum absolute atomic E-state index is 12.9. The lowest BCUT2D eigenvalue weighted by molar-refractivity contribution is 0.0693. The van der Waals surface area contributed by atoms with E-state index in [0.717, 1.165) is 0 Å². The Bertz CT molecular complexity index is 948. The molecule has 9 heteroatoms. The molecule has 29 heavy (non-hydrogen) atoms. The van der Waals surface area contributed by atoms with Gasteiger partial charge in [0.2, 0.25) is 0 Å². The minimum atomic E-state index is -1.33. The number of Topliss-reactive ketones (excluding diaryl/α,β-unsaturated/α-hetero) is 1. The van der Waals surface area contributed by atoms with E-state index in [0.29, 0.717) is 12.1 Å². The SMILES string of the molecule is NCCNC(=O)c1ccccc1C(=O)C[C@H]1Cc2cccc(C(=O)O)c2OB1O. The first kappa shape index (κ1) is 20.6. The molecule has 150 valence electrons. The van der Waals surface area contributed by atoms with Gasteiger partial charge < -0.3 is 25.8 Å². The van der Waals surface area contributed by atoms with E-state index in [1.165, 1.54) is 6.07 Å². The maximum atomic E-state index is 12.9. The zero-order chi connectivity index (χ0) is 21.0. The summed E-state index contributed by atoms with van der Waals surface area (Å²) in [6, 6.07) is 11.1. The second-order valence-electron chi connectivity index (χ2n) is 6.79. The summed E-state index contributed by atoms with van der Waals surface area (Å²) in [5.41, 5.74) is 6.47. The summed E-state index contributed by atoms with van der Waals surface area (Å²) < 4.78 is 5.43. The topological polar surface area (TPSA) is 139 Å². The third-order valence-corrected chi connectivity index (χ3v) is 4.80. The number of carboxylic acids is 1. The van der Waals surface area contributed by atoms with Crippen molar-refractivity contribution >= 4 is 24.8 Å². The van der Waals surface area contributed by atoms with Crippen LogP contribution in [0, 0.1) is 0 Å². The van der Waals surface area contributed by atoms with Crippen LogP contribution in [0.5, 0.6) is 5.75 Å². The van der Waals surface area contributed by atoms with Crippen LogP contribution < -0.4 is 15.7 Å². The van der Waals surface area contributed by atoms with Crippen LogP contribution in [0.15, 0.2) is 42.5 Å². The van der Waals surface area contributed by atoms with Gasteiger partial charge >= 0.3 is 13.1 Å². The maximum Gasteiger partial charge on any atom is 0.526 e. The average molecular weight is 396 g/mol. The highest BCUT2D eigenvalue weighted by atomic mass is 16.5. The van der Waals surface area contributed by atoms with Gasteiger partial charge in [-0.2, -0.15) is 0 Å². The Morgan fingerprint density at radius 2 is 1.79 bits per heavy atom. The van der Waals surface area contributed by atoms with Gasteiger partial charge in [0.05, 0.1) is 11.1 Å². The molecular weight excluding hydrogens is 375 g/mol. The summed E-state index contributed by atoms with van der Waals surface area (Å²) in [4.78, 5) is 36.5. The minimum absolute atomic E-state index is 0.0340. The van der Waals surface area contributed by atoms with E-state index >= 15 is 0 Å². The molecule has 0 bridgehead atoms. The first-order chi connectivity index (χ1) is 13.9. The van der Waals surface area contributed by atoms with E-state index < -0.39 is 24.8 Å². The van der Waals surface area contributed by atoms with Crippen molar-refractivity contribution in [1.82, 2.24) is 5.32 Å². The summed E-state index contributed by atoms with van der Waals surface area (Å²) in [5, 5.41) is 22.3. The van der Waals surface area contributed by atoms with Crippen LogP contribution in [0.1, 0.15) is 43.1 Å². The Labute approximate surface area is 167 Å². The molecule has 0 spiro atoms. The monoisotopic (exact) mass is 396 g/mol. The molecule has 0 aliphatic carbocycles. The van der Waals surface area contributed by atoms with Crippen molar-refractivity contribution < 1.29 is 29.2 Å². The van der Waals surface area contributed by atoms with Crippen molar-refractivity contribution in [3.8, 4) is 5.75 Å². The van der Waals surface area contributed by atoms with E-state index in [-0.39, 0.29) is 47.6 Å². The zero-order valence-electron chi connectivity index (χ0n) is 15.6. The molecule has 0 unspecified atom stereocenters. The number of carbonyl (C=O) groups excluding carboxylic acids is 2. The first-order valence-corrected chi connectivity index (χ1v) is 9.22. The molecule has 0 saturated carbocycles. The number of amides is 1. The molecular formula is C20H21BN2O6. The fourth-order valence-corrected chi connectivity index (χ4v) is 3.38. The molecule has 1 atom stereocenters. The van der Waals surface area contributed by atoms with E-state index in [1.54, 1.807) is 36.4 Å². The summed E-state index contributed by atoms with van der Waals surface area (Å²) >= 11 is 0. The highest BCUT2D eigenvalue weighted by Crippen LogP contribution is 2.36. The summed E-state index contributed by atoms with van der Waals surface area (Å²) in [7, 11) is -1.33. The largest absolute Gasteiger partial charge is 0.535 e. The molecule has 3 rings (SSSR count). The summed E-state index contributed by atoms with van der Waals surface area (Å²) in [6.45, 7) is 0.574. The van der Waals surface area contributed by atoms with Crippen molar-refractivity contribution in [2.45, 2.75) is 18.7 Å². The lowest BCUT2D eigenvalue weighted by Crippen LogP contribution is -2.36. The molecule has 2 aromatic carbocycles. The van der Waals surface area contributed by atoms with Crippen LogP contribution >= 0.6 is 0 Å². The van der Waals surface area contributed by atoms with E-state index in [4.69, 9.17) is 10.4 Å². The Kier molecular flexibility index (Phi) is 6.31. The molecule has 0 radical (unpaired) electrons. The van der Waals surface area contributed by atoms with E-state index in [1.807, 2.05) is 0 Å². The van der Waals surface area contributed by atoms with Crippen LogP contribution in [-0.2, 0) is 6.42 Å². The summed E-state index contributed by atoms with van der Waals surface area (Å²) in [5.74, 6) is -2.30. The Balaban J connectivity index is 1.79. The highest BCUT2D eigenvalue weighted by molar-refractivity contribution is 6.47. The third-order valence-electron chi connectivity index (χ3n) is 4.80. The van der Waals surface area contributed by atoms with Gasteiger partial charge in [-0.05, 0) is 24.1 Å². The number of carboxylic acid groups (broad SMARTS) is 1. The highest BCUT2D eigenvalue weighted by Gasteiger charge is 2.38. The van der Waals surface area contributed by atoms with Crippen LogP contribution in [0.3, 0.4) is 0 Å². The number of ketones is 1. The number of nitrogens with one attached hydrogen (secondary N) is 1. The zero-order valence-corrected chi connectivity index (χ0v) is 15.6. The number of aromatic carboxylic acids is 1. The predicted molar refractivity (Wildman–Crippen MR) is 106 cm³/mol. The molecule has 5 N–H and O–H groups in total. The molecule has 1 amide bonds. The van der Waals surface area contributed by atoms with Crippen LogP contribution in [-0.4, -0.2) is 48.0 Å². The number of rotatable bonds is 7. The van der Waals surface area contributed by atoms with Crippen LogP contribution in [0.4, 0.5) is 0 Å². The van der Waals surface area contributed by atoms with Gasteiger partial charge in [0.15, 0.2) is 5.78 Å². The standard InChI is InChI=1S/C20H21BN2O6/c22-8-9-23-19(25)15-6-2-1-5-14(15)17(24)11-13-10-12-4-3-7-16(20(26)27)18(12)29-21(13)28/h1-7,13,28H,8-11,22H2,(H,23,25)(H,26,27)/t13-/m1/s1. The van der Waals surface area contributed by atoms with Gasteiger partial charge in [0.25, 0.3) is 5.91 Å². The van der Waals surface area contributed by atoms with Gasteiger partial charge in [-0.15, -0.1) is 0 Å². The van der Waals surface area contributed by atoms with Gasteiger partial charge in [0, 0.05) is 30.9 Å². The van der Waals surface area contributed by atoms with Crippen molar-refractivity contribution in [3.63, 3.8) is 0 Å². The third kappa shape index (κ3) is 4.47. The number of carbonyl (C=O) groups is 3. The van der Waals surface area contributed by atoms with Crippen molar-refractivity contribution in [2.75, 3.05) is 13.1 Å². The fourth-order valence-electron chi connectivity index (χ4n) is 3.38. The quantitative estimate of drug-likeness (QED) is 0.406. The smallest absolute Gasteiger partial charge is 0.526 e. The second-order valence-corrected chi connectivity index (χ2v) is 6.79. The van der Waals surface area contributed by atoms with Crippen molar-refractivity contribution in [2.24, 2.45) is 5.73 Å². The normalized spacial score (nSPS) is 15.2. The molecule has 1 aliphatic rings. The van der Waals surface area contributed by atoms with E-state index in [2.05, 4.69) is 5.32 Å². The Morgan fingerprint density at radius 3 is 2.48 bits per heavy atom. The van der Waals surface area contributed by atoms with Gasteiger partial charge in [0.1, 0.15) is 5.75 Å². The molecule has 0 fully saturated rings. The predicted octanol–water partition coefficient (Wildman–Crippen LogP) is 1.13. The lowest BCUT2D eigenvalue weighted by Gasteiger charge is -2.28. The lowest BCUT2D eigenvalue weighted by atomic mass is 9.64.